The van der Waals surface area contributed by atoms with E-state index in [2.05, 4.69) is 63.7 Å². The summed E-state index contributed by atoms with van der Waals surface area (Å²) in [4.78, 5) is 12.9. The molecule has 0 N–H and O–H groups in total. The van der Waals surface area contributed by atoms with Crippen molar-refractivity contribution in [2.75, 3.05) is 14.2 Å². The van der Waals surface area contributed by atoms with E-state index in [1.165, 1.54) is 0 Å². The van der Waals surface area contributed by atoms with Crippen LogP contribution in [0.2, 0.25) is 0 Å². The molecular formula is C22H14Br4O4. The molecule has 1 aliphatic heterocycles. The van der Waals surface area contributed by atoms with Crippen LogP contribution in [0.1, 0.15) is 27.0 Å². The van der Waals surface area contributed by atoms with Crippen LogP contribution in [0.5, 0.6) is 11.5 Å². The lowest BCUT2D eigenvalue weighted by Crippen LogP contribution is -2.29. The van der Waals surface area contributed by atoms with Gasteiger partial charge in [0.05, 0.1) is 37.7 Å². The van der Waals surface area contributed by atoms with Gasteiger partial charge in [-0.2, -0.15) is 0 Å². The van der Waals surface area contributed by atoms with E-state index in [9.17, 15) is 4.79 Å². The van der Waals surface area contributed by atoms with Crippen LogP contribution in [0.3, 0.4) is 0 Å². The molecule has 0 spiro atoms. The van der Waals surface area contributed by atoms with Crippen LogP contribution < -0.4 is 9.47 Å². The van der Waals surface area contributed by atoms with Gasteiger partial charge in [0.15, 0.2) is 5.60 Å². The first-order valence-corrected chi connectivity index (χ1v) is 11.9. The van der Waals surface area contributed by atoms with E-state index in [1.54, 1.807) is 20.3 Å². The van der Waals surface area contributed by atoms with Crippen LogP contribution in [-0.4, -0.2) is 20.2 Å². The third-order valence-electron chi connectivity index (χ3n) is 4.99. The van der Waals surface area contributed by atoms with Crippen molar-refractivity contribution in [1.82, 2.24) is 0 Å². The molecule has 0 bridgehead atoms. The van der Waals surface area contributed by atoms with E-state index in [4.69, 9.17) is 14.2 Å². The Morgan fingerprint density at radius 2 is 1.20 bits per heavy atom. The molecule has 0 atom stereocenters. The first kappa shape index (κ1) is 21.9. The maximum absolute atomic E-state index is 12.9. The monoisotopic (exact) mass is 658 g/mol. The molecule has 4 nitrogen and oxygen atoms in total. The summed E-state index contributed by atoms with van der Waals surface area (Å²) in [7, 11) is 3.20. The average Bonchev–Trinajstić information content (AvgIpc) is 3.01. The van der Waals surface area contributed by atoms with Crippen molar-refractivity contribution in [3.8, 4) is 11.5 Å². The molecule has 0 unspecified atom stereocenters. The number of hydrogen-bond donors (Lipinski definition) is 0. The lowest BCUT2D eigenvalue weighted by atomic mass is 9.80. The zero-order valence-electron chi connectivity index (χ0n) is 15.8. The quantitative estimate of drug-likeness (QED) is 0.277. The Labute approximate surface area is 207 Å². The van der Waals surface area contributed by atoms with Crippen LogP contribution in [0.4, 0.5) is 0 Å². The molecule has 0 amide bonds. The number of cyclic esters (lactones) is 1. The number of ether oxygens (including phenoxy) is 3. The third kappa shape index (κ3) is 3.32. The van der Waals surface area contributed by atoms with E-state index < -0.39 is 5.60 Å². The van der Waals surface area contributed by atoms with Gasteiger partial charge in [-0.05, 0) is 94.1 Å². The Morgan fingerprint density at radius 3 is 1.63 bits per heavy atom. The Morgan fingerprint density at radius 1 is 0.767 bits per heavy atom. The van der Waals surface area contributed by atoms with E-state index in [1.807, 2.05) is 42.5 Å². The highest BCUT2D eigenvalue weighted by molar-refractivity contribution is 9.11. The standard InChI is InChI=1S/C22H14Br4O4/c1-28-19-15(23)7-11(8-16(19)24)22(12-9-17(25)20(29-2)18(26)10-12)14-6-4-3-5-13(14)21(27)30-22/h3-10H,1-2H3. The molecule has 0 radical (unpaired) electrons. The fourth-order valence-corrected chi connectivity index (χ4v) is 6.75. The Hall–Kier alpha value is -1.35. The summed E-state index contributed by atoms with van der Waals surface area (Å²) in [6, 6.07) is 15.1. The molecular weight excluding hydrogens is 648 g/mol. The predicted octanol–water partition coefficient (Wildman–Crippen LogP) is 7.22. The van der Waals surface area contributed by atoms with Gasteiger partial charge in [-0.1, -0.05) is 18.2 Å². The minimum atomic E-state index is -1.15. The Balaban J connectivity index is 2.09. The number of fused-ring (bicyclic) bond motifs is 1. The highest BCUT2D eigenvalue weighted by atomic mass is 79.9. The molecule has 1 aliphatic rings. The van der Waals surface area contributed by atoms with Gasteiger partial charge in [-0.15, -0.1) is 0 Å². The molecule has 0 aliphatic carbocycles. The Kier molecular flexibility index (Phi) is 6.05. The molecule has 8 heteroatoms. The summed E-state index contributed by atoms with van der Waals surface area (Å²) in [5.74, 6) is 0.934. The number of benzene rings is 3. The smallest absolute Gasteiger partial charge is 0.340 e. The van der Waals surface area contributed by atoms with Gasteiger partial charge < -0.3 is 14.2 Å². The van der Waals surface area contributed by atoms with E-state index in [0.717, 1.165) is 34.6 Å². The minimum absolute atomic E-state index is 0.378. The first-order chi connectivity index (χ1) is 14.3. The molecule has 30 heavy (non-hydrogen) atoms. The van der Waals surface area contributed by atoms with Gasteiger partial charge in [-0.25, -0.2) is 4.79 Å². The zero-order valence-corrected chi connectivity index (χ0v) is 22.1. The van der Waals surface area contributed by atoms with Gasteiger partial charge in [-0.3, -0.25) is 0 Å². The van der Waals surface area contributed by atoms with Crippen LogP contribution in [0.15, 0.2) is 66.4 Å². The summed E-state index contributed by atoms with van der Waals surface area (Å²) < 4.78 is 20.0. The van der Waals surface area contributed by atoms with Gasteiger partial charge in [0, 0.05) is 16.7 Å². The lowest BCUT2D eigenvalue weighted by Gasteiger charge is -2.31. The summed E-state index contributed by atoms with van der Waals surface area (Å²) in [5, 5.41) is 0. The topological polar surface area (TPSA) is 44.8 Å². The number of carbonyl (C=O) groups excluding carboxylic acids is 1. The first-order valence-electron chi connectivity index (χ1n) is 8.73. The normalized spacial score (nSPS) is 14.3. The molecule has 4 rings (SSSR count). The van der Waals surface area contributed by atoms with Crippen molar-refractivity contribution in [2.24, 2.45) is 0 Å². The van der Waals surface area contributed by atoms with Crippen LogP contribution >= 0.6 is 63.7 Å². The molecule has 0 fully saturated rings. The number of hydrogen-bond acceptors (Lipinski definition) is 4. The summed E-state index contributed by atoms with van der Waals surface area (Å²) in [6.07, 6.45) is 0. The summed E-state index contributed by atoms with van der Waals surface area (Å²) >= 11 is 14.3. The maximum Gasteiger partial charge on any atom is 0.340 e. The fraction of sp³-hybridized carbons (Fsp3) is 0.136. The number of halogens is 4. The van der Waals surface area contributed by atoms with E-state index >= 15 is 0 Å². The molecule has 0 saturated heterocycles. The second kappa shape index (κ2) is 8.30. The highest BCUT2D eigenvalue weighted by Crippen LogP contribution is 2.51. The van der Waals surface area contributed by atoms with Gasteiger partial charge in [0.25, 0.3) is 0 Å². The second-order valence-corrected chi connectivity index (χ2v) is 9.98. The minimum Gasteiger partial charge on any atom is -0.494 e. The fourth-order valence-electron chi connectivity index (χ4n) is 3.73. The number of methoxy groups -OCH3 is 2. The maximum atomic E-state index is 12.9. The highest BCUT2D eigenvalue weighted by Gasteiger charge is 2.49. The third-order valence-corrected chi connectivity index (χ3v) is 7.35. The molecule has 3 aromatic rings. The van der Waals surface area contributed by atoms with Crippen LogP contribution in [-0.2, 0) is 10.3 Å². The SMILES string of the molecule is COc1c(Br)cc(C2(c3cc(Br)c(OC)c(Br)c3)OC(=O)c3ccccc32)cc1Br. The van der Waals surface area contributed by atoms with Gasteiger partial charge in [0.1, 0.15) is 11.5 Å². The molecule has 0 aromatic heterocycles. The van der Waals surface area contributed by atoms with Crippen LogP contribution in [0.25, 0.3) is 0 Å². The van der Waals surface area contributed by atoms with Crippen molar-refractivity contribution in [1.29, 1.82) is 0 Å². The van der Waals surface area contributed by atoms with Crippen molar-refractivity contribution in [2.45, 2.75) is 5.60 Å². The number of rotatable bonds is 4. The second-order valence-electron chi connectivity index (χ2n) is 6.56. The predicted molar refractivity (Wildman–Crippen MR) is 129 cm³/mol. The van der Waals surface area contributed by atoms with Gasteiger partial charge in [0.2, 0.25) is 0 Å². The molecule has 0 saturated carbocycles. The lowest BCUT2D eigenvalue weighted by molar-refractivity contribution is 0.0250. The van der Waals surface area contributed by atoms with Crippen molar-refractivity contribution >= 4 is 69.7 Å². The summed E-state index contributed by atoms with van der Waals surface area (Å²) in [5.41, 5.74) is 1.68. The van der Waals surface area contributed by atoms with E-state index in [-0.39, 0.29) is 5.97 Å². The Bertz CT molecular complexity index is 1070. The van der Waals surface area contributed by atoms with Gasteiger partial charge >= 0.3 is 5.97 Å². The van der Waals surface area contributed by atoms with Crippen molar-refractivity contribution < 1.29 is 19.0 Å². The van der Waals surface area contributed by atoms with E-state index in [0.29, 0.717) is 17.1 Å². The molecule has 1 heterocycles. The molecule has 154 valence electrons. The van der Waals surface area contributed by atoms with Crippen LogP contribution in [0, 0.1) is 0 Å². The van der Waals surface area contributed by atoms with Crippen molar-refractivity contribution in [3.63, 3.8) is 0 Å². The number of carbonyl (C=O) groups is 1. The van der Waals surface area contributed by atoms with Crippen molar-refractivity contribution in [3.05, 3.63) is 88.7 Å². The number of esters is 1. The zero-order chi connectivity index (χ0) is 21.6. The average molecular weight is 662 g/mol. The summed E-state index contributed by atoms with van der Waals surface area (Å²) in [6.45, 7) is 0. The molecule has 3 aromatic carbocycles. The largest absolute Gasteiger partial charge is 0.494 e.